The quantitative estimate of drug-likeness (QED) is 0.757. The Balaban J connectivity index is 1.54. The van der Waals surface area contributed by atoms with E-state index in [1.165, 1.54) is 0 Å². The summed E-state index contributed by atoms with van der Waals surface area (Å²) >= 11 is 0. The van der Waals surface area contributed by atoms with Crippen LogP contribution in [-0.2, 0) is 11.2 Å². The number of nitrogens with one attached hydrogen (secondary N) is 1. The van der Waals surface area contributed by atoms with E-state index in [0.29, 0.717) is 12.3 Å². The van der Waals surface area contributed by atoms with Crippen molar-refractivity contribution in [2.75, 3.05) is 6.54 Å². The van der Waals surface area contributed by atoms with Crippen molar-refractivity contribution in [2.24, 2.45) is 0 Å². The number of hydrogen-bond donors (Lipinski definition) is 1. The number of amides is 1. The number of ether oxygens (including phenoxy) is 1. The number of para-hydroxylation sites is 2. The van der Waals surface area contributed by atoms with Crippen molar-refractivity contribution in [3.63, 3.8) is 0 Å². The largest absolute Gasteiger partial charge is 0.481 e. The van der Waals surface area contributed by atoms with Gasteiger partial charge in [-0.1, -0.05) is 42.5 Å². The minimum absolute atomic E-state index is 0.118. The molecule has 0 radical (unpaired) electrons. The molecule has 3 aromatic rings. The minimum atomic E-state index is -0.530. The van der Waals surface area contributed by atoms with E-state index in [1.54, 1.807) is 13.1 Å². The lowest BCUT2D eigenvalue weighted by Gasteiger charge is -2.14. The van der Waals surface area contributed by atoms with Gasteiger partial charge < -0.3 is 10.1 Å². The maximum Gasteiger partial charge on any atom is 0.260 e. The van der Waals surface area contributed by atoms with Crippen molar-refractivity contribution in [1.29, 1.82) is 0 Å². The van der Waals surface area contributed by atoms with Gasteiger partial charge in [0.15, 0.2) is 6.10 Å². The third kappa shape index (κ3) is 3.90. The highest BCUT2D eigenvalue weighted by Crippen LogP contribution is 2.16. The Morgan fingerprint density at radius 3 is 2.71 bits per heavy atom. The first-order valence-corrected chi connectivity index (χ1v) is 8.06. The Kier molecular flexibility index (Phi) is 5.06. The fourth-order valence-corrected chi connectivity index (χ4v) is 2.59. The van der Waals surface area contributed by atoms with Crippen LogP contribution in [0.4, 0.5) is 0 Å². The molecule has 122 valence electrons. The molecule has 1 aromatic heterocycles. The summed E-state index contributed by atoms with van der Waals surface area (Å²) in [6.45, 7) is 2.30. The molecule has 1 N–H and O–H groups in total. The lowest BCUT2D eigenvalue weighted by Crippen LogP contribution is -2.37. The number of aromatic nitrogens is 1. The van der Waals surface area contributed by atoms with Gasteiger partial charge in [-0.15, -0.1) is 0 Å². The van der Waals surface area contributed by atoms with Gasteiger partial charge in [-0.25, -0.2) is 0 Å². The van der Waals surface area contributed by atoms with Crippen molar-refractivity contribution in [1.82, 2.24) is 10.3 Å². The molecule has 1 unspecified atom stereocenters. The van der Waals surface area contributed by atoms with Crippen molar-refractivity contribution in [3.05, 3.63) is 72.4 Å². The van der Waals surface area contributed by atoms with E-state index in [0.717, 1.165) is 22.9 Å². The van der Waals surface area contributed by atoms with Crippen LogP contribution in [0.25, 0.3) is 10.9 Å². The lowest BCUT2D eigenvalue weighted by molar-refractivity contribution is -0.127. The number of nitrogens with zero attached hydrogens (tertiary/aromatic N) is 1. The number of carbonyl (C=O) groups is 1. The molecule has 0 saturated carbocycles. The van der Waals surface area contributed by atoms with Crippen LogP contribution in [0.15, 0.2) is 66.9 Å². The fourth-order valence-electron chi connectivity index (χ4n) is 2.59. The third-order valence-corrected chi connectivity index (χ3v) is 3.84. The predicted octanol–water partition coefficient (Wildman–Crippen LogP) is 3.36. The van der Waals surface area contributed by atoms with Gasteiger partial charge in [0, 0.05) is 18.1 Å². The molecule has 4 heteroatoms. The van der Waals surface area contributed by atoms with Crippen LogP contribution in [0.1, 0.15) is 12.5 Å². The molecular formula is C20H20N2O2. The second kappa shape index (κ2) is 7.59. The van der Waals surface area contributed by atoms with Gasteiger partial charge in [0.2, 0.25) is 0 Å². The zero-order chi connectivity index (χ0) is 16.8. The van der Waals surface area contributed by atoms with Crippen molar-refractivity contribution in [2.45, 2.75) is 19.4 Å². The Hall–Kier alpha value is -2.88. The van der Waals surface area contributed by atoms with E-state index >= 15 is 0 Å². The number of pyridine rings is 1. The number of benzene rings is 2. The van der Waals surface area contributed by atoms with E-state index in [-0.39, 0.29) is 5.91 Å². The molecule has 1 atom stereocenters. The van der Waals surface area contributed by atoms with Crippen LogP contribution in [0.3, 0.4) is 0 Å². The van der Waals surface area contributed by atoms with Crippen molar-refractivity contribution < 1.29 is 9.53 Å². The summed E-state index contributed by atoms with van der Waals surface area (Å²) in [5.74, 6) is 0.574. The zero-order valence-electron chi connectivity index (χ0n) is 13.6. The summed E-state index contributed by atoms with van der Waals surface area (Å²) in [7, 11) is 0. The molecule has 0 aliphatic heterocycles. The van der Waals surface area contributed by atoms with E-state index in [9.17, 15) is 4.79 Å². The number of rotatable bonds is 6. The molecule has 0 spiro atoms. The normalized spacial score (nSPS) is 11.9. The molecule has 1 heterocycles. The number of carbonyl (C=O) groups excluding carboxylic acids is 1. The van der Waals surface area contributed by atoms with E-state index in [2.05, 4.69) is 10.3 Å². The molecule has 0 saturated heterocycles. The molecule has 0 fully saturated rings. The summed E-state index contributed by atoms with van der Waals surface area (Å²) in [6, 6.07) is 19.4. The zero-order valence-corrected chi connectivity index (χ0v) is 13.6. The molecule has 0 bridgehead atoms. The topological polar surface area (TPSA) is 51.2 Å². The van der Waals surface area contributed by atoms with Gasteiger partial charge in [-0.2, -0.15) is 0 Å². The summed E-state index contributed by atoms with van der Waals surface area (Å²) in [6.07, 6.45) is 2.00. The van der Waals surface area contributed by atoms with Gasteiger partial charge in [-0.3, -0.25) is 9.78 Å². The Morgan fingerprint density at radius 1 is 1.08 bits per heavy atom. The molecule has 0 aliphatic rings. The third-order valence-electron chi connectivity index (χ3n) is 3.84. The average Bonchev–Trinajstić information content (AvgIpc) is 2.62. The van der Waals surface area contributed by atoms with E-state index in [1.807, 2.05) is 60.7 Å². The highest BCUT2D eigenvalue weighted by molar-refractivity contribution is 5.82. The first-order valence-electron chi connectivity index (χ1n) is 8.06. The highest BCUT2D eigenvalue weighted by Gasteiger charge is 2.14. The summed E-state index contributed by atoms with van der Waals surface area (Å²) in [4.78, 5) is 16.6. The minimum Gasteiger partial charge on any atom is -0.481 e. The first-order chi connectivity index (χ1) is 11.7. The van der Waals surface area contributed by atoms with Crippen LogP contribution >= 0.6 is 0 Å². The van der Waals surface area contributed by atoms with Crippen LogP contribution in [0.5, 0.6) is 5.75 Å². The summed E-state index contributed by atoms with van der Waals surface area (Å²) in [5, 5.41) is 4.04. The fraction of sp³-hybridized carbons (Fsp3) is 0.200. The summed E-state index contributed by atoms with van der Waals surface area (Å²) in [5.41, 5.74) is 2.12. The van der Waals surface area contributed by atoms with Gasteiger partial charge >= 0.3 is 0 Å². The Bertz CT molecular complexity index is 813. The second-order valence-corrected chi connectivity index (χ2v) is 5.61. The van der Waals surface area contributed by atoms with Crippen LogP contribution < -0.4 is 10.1 Å². The van der Waals surface area contributed by atoms with Crippen LogP contribution in [0.2, 0.25) is 0 Å². The monoisotopic (exact) mass is 320 g/mol. The maximum absolute atomic E-state index is 12.1. The smallest absolute Gasteiger partial charge is 0.260 e. The van der Waals surface area contributed by atoms with Crippen LogP contribution in [-0.4, -0.2) is 23.5 Å². The summed E-state index contributed by atoms with van der Waals surface area (Å²) < 4.78 is 5.62. The first kappa shape index (κ1) is 16.0. The van der Waals surface area contributed by atoms with Crippen molar-refractivity contribution in [3.8, 4) is 5.75 Å². The Morgan fingerprint density at radius 2 is 1.88 bits per heavy atom. The van der Waals surface area contributed by atoms with Crippen molar-refractivity contribution >= 4 is 16.8 Å². The maximum atomic E-state index is 12.1. The SMILES string of the molecule is CC(Oc1ccccc1)C(=O)NCCc1cccc2cccnc12. The standard InChI is InChI=1S/C20H20N2O2/c1-15(24-18-10-3-2-4-11-18)20(23)22-14-12-17-8-5-7-16-9-6-13-21-19(16)17/h2-11,13,15H,12,14H2,1H3,(H,22,23). The average molecular weight is 320 g/mol. The van der Waals surface area contributed by atoms with Gasteiger partial charge in [-0.05, 0) is 37.1 Å². The molecule has 24 heavy (non-hydrogen) atoms. The molecule has 3 rings (SSSR count). The highest BCUT2D eigenvalue weighted by atomic mass is 16.5. The number of fused-ring (bicyclic) bond motifs is 1. The van der Waals surface area contributed by atoms with Gasteiger partial charge in [0.05, 0.1) is 5.52 Å². The molecule has 1 amide bonds. The molecule has 2 aromatic carbocycles. The van der Waals surface area contributed by atoms with Gasteiger partial charge in [0.25, 0.3) is 5.91 Å². The van der Waals surface area contributed by atoms with Crippen LogP contribution in [0, 0.1) is 0 Å². The lowest BCUT2D eigenvalue weighted by atomic mass is 10.1. The predicted molar refractivity (Wildman–Crippen MR) is 95.0 cm³/mol. The Labute approximate surface area is 141 Å². The second-order valence-electron chi connectivity index (χ2n) is 5.61. The van der Waals surface area contributed by atoms with Gasteiger partial charge in [0.1, 0.15) is 5.75 Å². The molecule has 0 aliphatic carbocycles. The van der Waals surface area contributed by atoms with E-state index in [4.69, 9.17) is 4.74 Å². The molecular weight excluding hydrogens is 300 g/mol. The van der Waals surface area contributed by atoms with E-state index < -0.39 is 6.10 Å². The molecule has 4 nitrogen and oxygen atoms in total. The number of hydrogen-bond acceptors (Lipinski definition) is 3.